The first-order chi connectivity index (χ1) is 13.1. The Morgan fingerprint density at radius 3 is 2.46 bits per heavy atom. The number of nitrogens with zero attached hydrogens (tertiary/aromatic N) is 3. The molecule has 1 aromatic carbocycles. The van der Waals surface area contributed by atoms with Crippen molar-refractivity contribution < 1.29 is 22.4 Å². The van der Waals surface area contributed by atoms with Crippen molar-refractivity contribution >= 4 is 27.9 Å². The molecule has 2 heterocycles. The number of amides is 1. The average Bonchev–Trinajstić information content (AvgIpc) is 3.01. The largest absolute Gasteiger partial charge is 0.427 e. The summed E-state index contributed by atoms with van der Waals surface area (Å²) >= 11 is 0.178. The number of halogens is 4. The SMILES string of the molecule is CCN(Cc1cc(=O)n2c(C(N)=O)c(C(F)(F)F)sc2n1)c1ccc(F)cc1. The Hall–Kier alpha value is -2.95. The third kappa shape index (κ3) is 3.70. The second-order valence-corrected chi connectivity index (χ2v) is 6.81. The average molecular weight is 414 g/mol. The number of carbonyl (C=O) groups excluding carboxylic acids is 1. The van der Waals surface area contributed by atoms with Gasteiger partial charge in [0.15, 0.2) is 4.96 Å². The van der Waals surface area contributed by atoms with E-state index in [-0.39, 0.29) is 28.5 Å². The van der Waals surface area contributed by atoms with E-state index >= 15 is 0 Å². The first-order valence-electron chi connectivity index (χ1n) is 8.04. The highest BCUT2D eigenvalue weighted by Gasteiger charge is 2.39. The van der Waals surface area contributed by atoms with Crippen LogP contribution in [0, 0.1) is 5.82 Å². The van der Waals surface area contributed by atoms with Crippen LogP contribution in [-0.4, -0.2) is 21.8 Å². The van der Waals surface area contributed by atoms with Crippen LogP contribution in [0.2, 0.25) is 0 Å². The van der Waals surface area contributed by atoms with Gasteiger partial charge >= 0.3 is 6.18 Å². The molecule has 0 aliphatic heterocycles. The van der Waals surface area contributed by atoms with Crippen LogP contribution < -0.4 is 16.2 Å². The molecule has 0 bridgehead atoms. The van der Waals surface area contributed by atoms with E-state index in [4.69, 9.17) is 5.73 Å². The van der Waals surface area contributed by atoms with Crippen molar-refractivity contribution in [1.29, 1.82) is 0 Å². The second-order valence-electron chi connectivity index (χ2n) is 5.84. The smallest absolute Gasteiger partial charge is 0.366 e. The lowest BCUT2D eigenvalue weighted by Crippen LogP contribution is -2.27. The zero-order valence-corrected chi connectivity index (χ0v) is 15.3. The quantitative estimate of drug-likeness (QED) is 0.651. The third-order valence-electron chi connectivity index (χ3n) is 3.99. The molecule has 1 amide bonds. The number of carbonyl (C=O) groups is 1. The minimum Gasteiger partial charge on any atom is -0.366 e. The highest BCUT2D eigenvalue weighted by atomic mass is 32.1. The fraction of sp³-hybridized carbons (Fsp3) is 0.235. The van der Waals surface area contributed by atoms with Crippen LogP contribution in [0.3, 0.4) is 0 Å². The van der Waals surface area contributed by atoms with E-state index in [2.05, 4.69) is 4.98 Å². The molecule has 3 aromatic rings. The third-order valence-corrected chi connectivity index (χ3v) is 5.08. The summed E-state index contributed by atoms with van der Waals surface area (Å²) in [5.74, 6) is -1.77. The molecular weight excluding hydrogens is 400 g/mol. The van der Waals surface area contributed by atoms with Gasteiger partial charge in [0.05, 0.1) is 12.2 Å². The van der Waals surface area contributed by atoms with Gasteiger partial charge in [-0.15, -0.1) is 0 Å². The van der Waals surface area contributed by atoms with E-state index < -0.39 is 34.0 Å². The van der Waals surface area contributed by atoms with Gasteiger partial charge in [0.25, 0.3) is 11.5 Å². The summed E-state index contributed by atoms with van der Waals surface area (Å²) in [6, 6.07) is 6.69. The Morgan fingerprint density at radius 1 is 1.29 bits per heavy atom. The van der Waals surface area contributed by atoms with Gasteiger partial charge in [-0.1, -0.05) is 11.3 Å². The van der Waals surface area contributed by atoms with Crippen LogP contribution in [0.5, 0.6) is 0 Å². The first kappa shape index (κ1) is 19.8. The zero-order valence-electron chi connectivity index (χ0n) is 14.5. The van der Waals surface area contributed by atoms with Crippen molar-refractivity contribution in [3.8, 4) is 0 Å². The maximum atomic E-state index is 13.2. The van der Waals surface area contributed by atoms with Crippen molar-refractivity contribution in [3.05, 3.63) is 62.8 Å². The summed E-state index contributed by atoms with van der Waals surface area (Å²) in [7, 11) is 0. The molecule has 0 aliphatic rings. The number of nitrogens with two attached hydrogens (primary N) is 1. The maximum absolute atomic E-state index is 13.2. The van der Waals surface area contributed by atoms with Gasteiger partial charge in [-0.25, -0.2) is 13.8 Å². The van der Waals surface area contributed by atoms with Gasteiger partial charge in [0, 0.05) is 18.3 Å². The Kier molecular flexibility index (Phi) is 5.11. The molecule has 0 spiro atoms. The molecule has 2 N–H and O–H groups in total. The van der Waals surface area contributed by atoms with Crippen LogP contribution >= 0.6 is 11.3 Å². The normalized spacial score (nSPS) is 11.8. The van der Waals surface area contributed by atoms with Gasteiger partial charge in [-0.3, -0.25) is 9.59 Å². The molecule has 0 fully saturated rings. The number of aromatic nitrogens is 2. The van der Waals surface area contributed by atoms with Gasteiger partial charge in [-0.2, -0.15) is 13.2 Å². The van der Waals surface area contributed by atoms with Crippen molar-refractivity contribution in [3.63, 3.8) is 0 Å². The molecule has 0 unspecified atom stereocenters. The minimum absolute atomic E-state index is 0.110. The van der Waals surface area contributed by atoms with E-state index in [1.165, 1.54) is 12.1 Å². The van der Waals surface area contributed by atoms with Gasteiger partial charge in [-0.05, 0) is 31.2 Å². The number of hydrogen-bond acceptors (Lipinski definition) is 5. The number of anilines is 1. The van der Waals surface area contributed by atoms with Gasteiger partial charge < -0.3 is 10.6 Å². The predicted octanol–water partition coefficient (Wildman–Crippen LogP) is 3.04. The summed E-state index contributed by atoms with van der Waals surface area (Å²) in [5.41, 5.74) is 4.16. The van der Waals surface area contributed by atoms with E-state index in [9.17, 15) is 27.2 Å². The van der Waals surface area contributed by atoms with Crippen molar-refractivity contribution in [2.75, 3.05) is 11.4 Å². The lowest BCUT2D eigenvalue weighted by atomic mass is 10.2. The fourth-order valence-electron chi connectivity index (χ4n) is 2.75. The molecule has 0 radical (unpaired) electrons. The molecule has 148 valence electrons. The molecule has 3 rings (SSSR count). The summed E-state index contributed by atoms with van der Waals surface area (Å²) in [6.07, 6.45) is -4.85. The summed E-state index contributed by atoms with van der Waals surface area (Å²) in [4.78, 5) is 28.2. The number of benzene rings is 1. The topological polar surface area (TPSA) is 80.7 Å². The van der Waals surface area contributed by atoms with Crippen LogP contribution in [0.1, 0.15) is 28.0 Å². The Bertz CT molecular complexity index is 1090. The lowest BCUT2D eigenvalue weighted by molar-refractivity contribution is -0.134. The molecule has 2 aromatic heterocycles. The molecule has 0 saturated carbocycles. The Morgan fingerprint density at radius 2 is 1.93 bits per heavy atom. The number of primary amides is 1. The lowest BCUT2D eigenvalue weighted by Gasteiger charge is -2.22. The molecule has 6 nitrogen and oxygen atoms in total. The predicted molar refractivity (Wildman–Crippen MR) is 96.0 cm³/mol. The Balaban J connectivity index is 2.07. The molecule has 0 atom stereocenters. The van der Waals surface area contributed by atoms with Crippen LogP contribution in [-0.2, 0) is 12.7 Å². The van der Waals surface area contributed by atoms with Crippen molar-refractivity contribution in [1.82, 2.24) is 9.38 Å². The number of thiazole rings is 1. The van der Waals surface area contributed by atoms with Crippen LogP contribution in [0.25, 0.3) is 4.96 Å². The molecule has 28 heavy (non-hydrogen) atoms. The van der Waals surface area contributed by atoms with E-state index in [0.29, 0.717) is 16.6 Å². The molecular formula is C17H14F4N4O2S. The second kappa shape index (κ2) is 7.23. The summed E-state index contributed by atoms with van der Waals surface area (Å²) in [5, 5.41) is 0. The van der Waals surface area contributed by atoms with Crippen molar-refractivity contribution in [2.45, 2.75) is 19.6 Å². The number of fused-ring (bicyclic) bond motifs is 1. The molecule has 11 heteroatoms. The first-order valence-corrected chi connectivity index (χ1v) is 8.86. The standard InChI is InChI=1S/C17H14F4N4O2S/c1-2-24(11-5-3-9(18)4-6-11)8-10-7-12(26)25-13(15(22)27)14(17(19,20)21)28-16(25)23-10/h3-7H,2,8H2,1H3,(H2,22,27). The van der Waals surface area contributed by atoms with Crippen molar-refractivity contribution in [2.24, 2.45) is 5.73 Å². The highest BCUT2D eigenvalue weighted by Crippen LogP contribution is 2.37. The number of alkyl halides is 3. The van der Waals surface area contributed by atoms with Gasteiger partial charge in [0.2, 0.25) is 0 Å². The fourth-order valence-corrected chi connectivity index (χ4v) is 3.77. The van der Waals surface area contributed by atoms with E-state index in [0.717, 1.165) is 6.07 Å². The zero-order chi connectivity index (χ0) is 20.6. The van der Waals surface area contributed by atoms with E-state index in [1.54, 1.807) is 17.0 Å². The Labute approximate surface area is 159 Å². The molecule has 0 saturated heterocycles. The number of hydrogen-bond donors (Lipinski definition) is 1. The maximum Gasteiger partial charge on any atom is 0.427 e. The number of rotatable bonds is 5. The van der Waals surface area contributed by atoms with E-state index in [1.807, 2.05) is 6.92 Å². The molecule has 0 aliphatic carbocycles. The van der Waals surface area contributed by atoms with Gasteiger partial charge in [0.1, 0.15) is 16.4 Å². The summed E-state index contributed by atoms with van der Waals surface area (Å²) in [6.45, 7) is 2.42. The van der Waals surface area contributed by atoms with Crippen LogP contribution in [0.4, 0.5) is 23.2 Å². The minimum atomic E-state index is -4.85. The monoisotopic (exact) mass is 414 g/mol. The van der Waals surface area contributed by atoms with Crippen LogP contribution in [0.15, 0.2) is 35.1 Å². The highest BCUT2D eigenvalue weighted by molar-refractivity contribution is 7.17. The summed E-state index contributed by atoms with van der Waals surface area (Å²) < 4.78 is 53.3.